The van der Waals surface area contributed by atoms with E-state index in [0.717, 1.165) is 11.5 Å². The van der Waals surface area contributed by atoms with E-state index in [1.165, 1.54) is 32.3 Å². The van der Waals surface area contributed by atoms with Crippen molar-refractivity contribution in [1.82, 2.24) is 0 Å². The summed E-state index contributed by atoms with van der Waals surface area (Å²) < 4.78 is 10.8. The minimum Gasteiger partial charge on any atom is -0.493 e. The molecular formula is C22H21NO2S. The molecule has 0 fully saturated rings. The lowest BCUT2D eigenvalue weighted by Gasteiger charge is -2.23. The van der Waals surface area contributed by atoms with Crippen LogP contribution in [0.1, 0.15) is 24.0 Å². The Bertz CT molecular complexity index is 955. The smallest absolute Gasteiger partial charge is 0.161 e. The van der Waals surface area contributed by atoms with Crippen molar-refractivity contribution in [2.24, 2.45) is 0 Å². The molecule has 3 aromatic carbocycles. The average Bonchev–Trinajstić information content (AvgIpc) is 2.70. The Morgan fingerprint density at radius 1 is 0.769 bits per heavy atom. The van der Waals surface area contributed by atoms with Gasteiger partial charge in [0.25, 0.3) is 0 Å². The van der Waals surface area contributed by atoms with Crippen LogP contribution in [0.25, 0.3) is 0 Å². The quantitative estimate of drug-likeness (QED) is 0.477. The van der Waals surface area contributed by atoms with E-state index in [4.69, 9.17) is 9.47 Å². The van der Waals surface area contributed by atoms with E-state index in [-0.39, 0.29) is 5.92 Å². The van der Waals surface area contributed by atoms with E-state index in [2.05, 4.69) is 66.8 Å². The second kappa shape index (κ2) is 6.96. The molecule has 1 heterocycles. The van der Waals surface area contributed by atoms with Crippen LogP contribution in [-0.2, 0) is 0 Å². The monoisotopic (exact) mass is 363 g/mol. The van der Waals surface area contributed by atoms with Crippen LogP contribution in [0.2, 0.25) is 0 Å². The molecule has 0 radical (unpaired) electrons. The maximum Gasteiger partial charge on any atom is 0.161 e. The normalized spacial score (nSPS) is 13.2. The predicted octanol–water partition coefficient (Wildman–Crippen LogP) is 6.06. The van der Waals surface area contributed by atoms with Gasteiger partial charge in [0.1, 0.15) is 0 Å². The SMILES string of the molecule is COc1ccc(C(C)c2ccc3c(c2)Nc2ccccc2S3)cc1OC. The van der Waals surface area contributed by atoms with Gasteiger partial charge in [-0.3, -0.25) is 0 Å². The van der Waals surface area contributed by atoms with Crippen molar-refractivity contribution in [1.29, 1.82) is 0 Å². The van der Waals surface area contributed by atoms with Gasteiger partial charge in [0.05, 0.1) is 25.6 Å². The standard InChI is InChI=1S/C22H21NO2S/c1-14(16-8-10-19(24-2)20(13-16)25-3)15-9-11-22-18(12-15)23-17-6-4-5-7-21(17)26-22/h4-14,23H,1-3H3. The van der Waals surface area contributed by atoms with Crippen molar-refractivity contribution in [2.75, 3.05) is 19.5 Å². The second-order valence-corrected chi connectivity index (χ2v) is 7.40. The summed E-state index contributed by atoms with van der Waals surface area (Å²) >= 11 is 1.81. The van der Waals surface area contributed by atoms with E-state index in [1.807, 2.05) is 17.8 Å². The molecule has 0 spiro atoms. The first-order valence-electron chi connectivity index (χ1n) is 8.59. The Morgan fingerprint density at radius 3 is 2.27 bits per heavy atom. The zero-order valence-corrected chi connectivity index (χ0v) is 15.9. The third-order valence-electron chi connectivity index (χ3n) is 4.79. The maximum atomic E-state index is 5.45. The molecule has 0 aromatic heterocycles. The number of hydrogen-bond acceptors (Lipinski definition) is 4. The summed E-state index contributed by atoms with van der Waals surface area (Å²) in [6.07, 6.45) is 0. The molecule has 0 saturated heterocycles. The van der Waals surface area contributed by atoms with E-state index in [1.54, 1.807) is 14.2 Å². The first kappa shape index (κ1) is 16.9. The van der Waals surface area contributed by atoms with Crippen molar-refractivity contribution < 1.29 is 9.47 Å². The Balaban J connectivity index is 1.65. The van der Waals surface area contributed by atoms with E-state index in [0.29, 0.717) is 0 Å². The highest BCUT2D eigenvalue weighted by atomic mass is 32.2. The second-order valence-electron chi connectivity index (χ2n) is 6.31. The van der Waals surface area contributed by atoms with Gasteiger partial charge in [-0.1, -0.05) is 43.0 Å². The fraction of sp³-hybridized carbons (Fsp3) is 0.182. The van der Waals surface area contributed by atoms with Gasteiger partial charge in [-0.05, 0) is 47.5 Å². The number of para-hydroxylation sites is 1. The van der Waals surface area contributed by atoms with Crippen molar-refractivity contribution in [3.63, 3.8) is 0 Å². The number of methoxy groups -OCH3 is 2. The summed E-state index contributed by atoms with van der Waals surface area (Å²) in [4.78, 5) is 2.52. The van der Waals surface area contributed by atoms with Crippen LogP contribution < -0.4 is 14.8 Å². The van der Waals surface area contributed by atoms with Gasteiger partial charge in [0.2, 0.25) is 0 Å². The number of hydrogen-bond donors (Lipinski definition) is 1. The van der Waals surface area contributed by atoms with Crippen molar-refractivity contribution in [3.05, 3.63) is 71.8 Å². The molecule has 1 aliphatic rings. The lowest BCUT2D eigenvalue weighted by atomic mass is 9.92. The minimum atomic E-state index is 0.254. The first-order valence-corrected chi connectivity index (χ1v) is 9.41. The van der Waals surface area contributed by atoms with Gasteiger partial charge in [-0.15, -0.1) is 0 Å². The molecule has 4 heteroatoms. The lowest BCUT2D eigenvalue weighted by Crippen LogP contribution is -2.03. The highest BCUT2D eigenvalue weighted by Crippen LogP contribution is 2.45. The Morgan fingerprint density at radius 2 is 1.46 bits per heavy atom. The molecular weight excluding hydrogens is 342 g/mol. The molecule has 0 bridgehead atoms. The fourth-order valence-corrected chi connectivity index (χ4v) is 4.21. The van der Waals surface area contributed by atoms with Crippen LogP contribution >= 0.6 is 11.8 Å². The van der Waals surface area contributed by atoms with Gasteiger partial charge in [-0.2, -0.15) is 0 Å². The summed E-state index contributed by atoms with van der Waals surface area (Å²) in [5, 5.41) is 3.56. The molecule has 0 amide bonds. The molecule has 1 unspecified atom stereocenters. The first-order chi connectivity index (χ1) is 12.7. The number of rotatable bonds is 4. The van der Waals surface area contributed by atoms with E-state index >= 15 is 0 Å². The molecule has 3 aromatic rings. The van der Waals surface area contributed by atoms with Crippen molar-refractivity contribution in [3.8, 4) is 11.5 Å². The van der Waals surface area contributed by atoms with Gasteiger partial charge in [0, 0.05) is 15.7 Å². The van der Waals surface area contributed by atoms with Crippen LogP contribution in [0.3, 0.4) is 0 Å². The minimum absolute atomic E-state index is 0.254. The Kier molecular flexibility index (Phi) is 4.51. The number of fused-ring (bicyclic) bond motifs is 2. The Labute approximate surface area is 158 Å². The zero-order valence-electron chi connectivity index (χ0n) is 15.1. The zero-order chi connectivity index (χ0) is 18.1. The largest absolute Gasteiger partial charge is 0.493 e. The molecule has 132 valence electrons. The lowest BCUT2D eigenvalue weighted by molar-refractivity contribution is 0.354. The summed E-state index contributed by atoms with van der Waals surface area (Å²) in [5.74, 6) is 1.77. The summed E-state index contributed by atoms with van der Waals surface area (Å²) in [7, 11) is 3.33. The van der Waals surface area contributed by atoms with Crippen molar-refractivity contribution in [2.45, 2.75) is 22.6 Å². The highest BCUT2D eigenvalue weighted by Gasteiger charge is 2.18. The van der Waals surface area contributed by atoms with E-state index in [9.17, 15) is 0 Å². The van der Waals surface area contributed by atoms with E-state index < -0.39 is 0 Å². The van der Waals surface area contributed by atoms with Gasteiger partial charge < -0.3 is 14.8 Å². The molecule has 26 heavy (non-hydrogen) atoms. The third kappa shape index (κ3) is 3.01. The molecule has 1 aliphatic heterocycles. The van der Waals surface area contributed by atoms with Gasteiger partial charge >= 0.3 is 0 Å². The fourth-order valence-electron chi connectivity index (χ4n) is 3.24. The molecule has 0 aliphatic carbocycles. The molecule has 1 atom stereocenters. The third-order valence-corrected chi connectivity index (χ3v) is 5.94. The van der Waals surface area contributed by atoms with Crippen LogP contribution in [0.4, 0.5) is 11.4 Å². The van der Waals surface area contributed by atoms with Gasteiger partial charge in [-0.25, -0.2) is 0 Å². The average molecular weight is 363 g/mol. The predicted molar refractivity (Wildman–Crippen MR) is 107 cm³/mol. The summed E-state index contributed by atoms with van der Waals surface area (Å²) in [6.45, 7) is 2.22. The molecule has 0 saturated carbocycles. The van der Waals surface area contributed by atoms with Crippen LogP contribution in [0, 0.1) is 0 Å². The number of benzene rings is 3. The number of ether oxygens (including phenoxy) is 2. The summed E-state index contributed by atoms with van der Waals surface area (Å²) in [5.41, 5.74) is 4.80. The number of anilines is 2. The Hall–Kier alpha value is -2.59. The van der Waals surface area contributed by atoms with Crippen LogP contribution in [0.5, 0.6) is 11.5 Å². The van der Waals surface area contributed by atoms with Crippen molar-refractivity contribution >= 4 is 23.1 Å². The topological polar surface area (TPSA) is 30.5 Å². The highest BCUT2D eigenvalue weighted by molar-refractivity contribution is 7.99. The van der Waals surface area contributed by atoms with Gasteiger partial charge in [0.15, 0.2) is 11.5 Å². The molecule has 3 nitrogen and oxygen atoms in total. The maximum absolute atomic E-state index is 5.45. The molecule has 4 rings (SSSR count). The van der Waals surface area contributed by atoms with Crippen LogP contribution in [0.15, 0.2) is 70.5 Å². The summed E-state index contributed by atoms with van der Waals surface area (Å²) in [6, 6.07) is 21.2. The van der Waals surface area contributed by atoms with Crippen LogP contribution in [-0.4, -0.2) is 14.2 Å². The molecule has 1 N–H and O–H groups in total. The number of nitrogens with one attached hydrogen (secondary N) is 1.